The fourth-order valence-electron chi connectivity index (χ4n) is 3.91. The molecule has 2 amide bonds. The van der Waals surface area contributed by atoms with Crippen molar-refractivity contribution in [2.45, 2.75) is 38.0 Å². The van der Waals surface area contributed by atoms with Gasteiger partial charge in [-0.25, -0.2) is 0 Å². The topological polar surface area (TPSA) is 69.3 Å². The number of nitrogens with zero attached hydrogens (tertiary/aromatic N) is 3. The number of aromatic amines is 1. The van der Waals surface area contributed by atoms with Crippen LogP contribution in [0.5, 0.6) is 0 Å². The second kappa shape index (κ2) is 5.98. The SMILES string of the molecule is O=C1C[C@H](C(=O)N2CCC[C@@H](c3ccn[nH]3)C2)CN1CC1CC1. The van der Waals surface area contributed by atoms with Crippen molar-refractivity contribution >= 4 is 11.8 Å². The van der Waals surface area contributed by atoms with E-state index >= 15 is 0 Å². The van der Waals surface area contributed by atoms with Crippen LogP contribution in [0.4, 0.5) is 0 Å². The van der Waals surface area contributed by atoms with Gasteiger partial charge in [0.05, 0.1) is 5.92 Å². The number of carbonyl (C=O) groups is 2. The summed E-state index contributed by atoms with van der Waals surface area (Å²) in [4.78, 5) is 28.8. The zero-order valence-electron chi connectivity index (χ0n) is 13.4. The number of likely N-dealkylation sites (tertiary alicyclic amines) is 2. The lowest BCUT2D eigenvalue weighted by atomic mass is 9.93. The molecule has 2 atom stereocenters. The third-order valence-corrected chi connectivity index (χ3v) is 5.43. The summed E-state index contributed by atoms with van der Waals surface area (Å²) >= 11 is 0. The van der Waals surface area contributed by atoms with Gasteiger partial charge in [-0.15, -0.1) is 0 Å². The van der Waals surface area contributed by atoms with Crippen LogP contribution in [0, 0.1) is 11.8 Å². The molecule has 1 N–H and O–H groups in total. The lowest BCUT2D eigenvalue weighted by Gasteiger charge is -2.33. The lowest BCUT2D eigenvalue weighted by Crippen LogP contribution is -2.43. The van der Waals surface area contributed by atoms with E-state index in [0.717, 1.165) is 38.2 Å². The fourth-order valence-corrected chi connectivity index (χ4v) is 3.91. The van der Waals surface area contributed by atoms with Gasteiger partial charge in [0.1, 0.15) is 0 Å². The fraction of sp³-hybridized carbons (Fsp3) is 0.706. The van der Waals surface area contributed by atoms with Gasteiger partial charge in [-0.3, -0.25) is 14.7 Å². The normalized spacial score (nSPS) is 28.4. The van der Waals surface area contributed by atoms with Crippen molar-refractivity contribution in [3.8, 4) is 0 Å². The van der Waals surface area contributed by atoms with E-state index in [1.54, 1.807) is 6.20 Å². The maximum Gasteiger partial charge on any atom is 0.228 e. The molecule has 3 fully saturated rings. The predicted octanol–water partition coefficient (Wildman–Crippen LogP) is 1.37. The Labute approximate surface area is 136 Å². The van der Waals surface area contributed by atoms with Crippen molar-refractivity contribution in [3.05, 3.63) is 18.0 Å². The zero-order chi connectivity index (χ0) is 15.8. The molecule has 2 saturated heterocycles. The highest BCUT2D eigenvalue weighted by Crippen LogP contribution is 2.33. The maximum absolute atomic E-state index is 12.8. The van der Waals surface area contributed by atoms with Gasteiger partial charge < -0.3 is 9.80 Å². The Morgan fingerprint density at radius 2 is 2.17 bits per heavy atom. The van der Waals surface area contributed by atoms with Gasteiger partial charge in [0, 0.05) is 50.4 Å². The third kappa shape index (κ3) is 3.12. The molecule has 3 aliphatic rings. The monoisotopic (exact) mass is 316 g/mol. The van der Waals surface area contributed by atoms with Crippen LogP contribution in [0.2, 0.25) is 0 Å². The summed E-state index contributed by atoms with van der Waals surface area (Å²) in [5.74, 6) is 1.22. The highest BCUT2D eigenvalue weighted by atomic mass is 16.2. The molecule has 6 nitrogen and oxygen atoms in total. The molecular formula is C17H24N4O2. The molecule has 1 saturated carbocycles. The standard InChI is InChI=1S/C17H24N4O2/c22-16-8-14(11-21(16)9-12-3-4-12)17(23)20-7-1-2-13(10-20)15-5-6-18-19-15/h5-6,12-14H,1-4,7-11H2,(H,18,19)/t13-,14+/m1/s1. The van der Waals surface area contributed by atoms with Crippen LogP contribution in [-0.2, 0) is 9.59 Å². The van der Waals surface area contributed by atoms with E-state index in [0.29, 0.717) is 24.8 Å². The summed E-state index contributed by atoms with van der Waals surface area (Å²) in [6, 6.07) is 2.00. The summed E-state index contributed by atoms with van der Waals surface area (Å²) < 4.78 is 0. The number of nitrogens with one attached hydrogen (secondary N) is 1. The number of amides is 2. The molecule has 0 unspecified atom stereocenters. The number of piperidine rings is 1. The Bertz CT molecular complexity index is 581. The Kier molecular flexibility index (Phi) is 3.83. The summed E-state index contributed by atoms with van der Waals surface area (Å²) in [6.45, 7) is 3.05. The van der Waals surface area contributed by atoms with E-state index in [1.807, 2.05) is 15.9 Å². The number of H-pyrrole nitrogens is 1. The van der Waals surface area contributed by atoms with Crippen molar-refractivity contribution in [1.29, 1.82) is 0 Å². The molecule has 4 rings (SSSR count). The first-order chi connectivity index (χ1) is 11.2. The van der Waals surface area contributed by atoms with Crippen LogP contribution >= 0.6 is 0 Å². The maximum atomic E-state index is 12.8. The minimum Gasteiger partial charge on any atom is -0.342 e. The molecule has 0 radical (unpaired) electrons. The van der Waals surface area contributed by atoms with Gasteiger partial charge in [0.25, 0.3) is 0 Å². The van der Waals surface area contributed by atoms with E-state index in [9.17, 15) is 9.59 Å². The number of rotatable bonds is 4. The van der Waals surface area contributed by atoms with Crippen LogP contribution in [-0.4, -0.2) is 58.0 Å². The minimum absolute atomic E-state index is 0.137. The van der Waals surface area contributed by atoms with Crippen LogP contribution in [0.15, 0.2) is 12.3 Å². The number of carbonyl (C=O) groups excluding carboxylic acids is 2. The number of hydrogen-bond donors (Lipinski definition) is 1. The highest BCUT2D eigenvalue weighted by molar-refractivity contribution is 5.89. The van der Waals surface area contributed by atoms with Gasteiger partial charge in [0.15, 0.2) is 0 Å². The van der Waals surface area contributed by atoms with Crippen molar-refractivity contribution in [3.63, 3.8) is 0 Å². The molecule has 0 bridgehead atoms. The van der Waals surface area contributed by atoms with Gasteiger partial charge in [-0.1, -0.05) is 0 Å². The Morgan fingerprint density at radius 1 is 1.30 bits per heavy atom. The molecule has 1 aromatic rings. The average Bonchev–Trinajstić information content (AvgIpc) is 3.08. The second-order valence-corrected chi connectivity index (χ2v) is 7.28. The molecule has 23 heavy (non-hydrogen) atoms. The van der Waals surface area contributed by atoms with Crippen LogP contribution in [0.25, 0.3) is 0 Å². The van der Waals surface area contributed by atoms with E-state index in [-0.39, 0.29) is 17.7 Å². The molecule has 1 aliphatic carbocycles. The Balaban J connectivity index is 1.37. The molecule has 0 aromatic carbocycles. The molecule has 124 valence electrons. The summed E-state index contributed by atoms with van der Waals surface area (Å²) in [5, 5.41) is 7.05. The molecule has 1 aromatic heterocycles. The lowest BCUT2D eigenvalue weighted by molar-refractivity contribution is -0.137. The van der Waals surface area contributed by atoms with Gasteiger partial charge >= 0.3 is 0 Å². The van der Waals surface area contributed by atoms with Gasteiger partial charge in [0.2, 0.25) is 11.8 Å². The third-order valence-electron chi connectivity index (χ3n) is 5.43. The summed E-state index contributed by atoms with van der Waals surface area (Å²) in [7, 11) is 0. The largest absolute Gasteiger partial charge is 0.342 e. The number of aromatic nitrogens is 2. The Hall–Kier alpha value is -1.85. The molecule has 6 heteroatoms. The van der Waals surface area contributed by atoms with E-state index in [4.69, 9.17) is 0 Å². The van der Waals surface area contributed by atoms with E-state index in [1.165, 1.54) is 12.8 Å². The van der Waals surface area contributed by atoms with E-state index < -0.39 is 0 Å². The average molecular weight is 316 g/mol. The minimum atomic E-state index is -0.137. The smallest absolute Gasteiger partial charge is 0.228 e. The first-order valence-electron chi connectivity index (χ1n) is 8.76. The Morgan fingerprint density at radius 3 is 2.91 bits per heavy atom. The second-order valence-electron chi connectivity index (χ2n) is 7.28. The quantitative estimate of drug-likeness (QED) is 0.912. The number of hydrogen-bond acceptors (Lipinski definition) is 3. The van der Waals surface area contributed by atoms with Crippen molar-refractivity contribution in [1.82, 2.24) is 20.0 Å². The highest BCUT2D eigenvalue weighted by Gasteiger charge is 2.39. The molecule has 2 aliphatic heterocycles. The van der Waals surface area contributed by atoms with Crippen molar-refractivity contribution in [2.75, 3.05) is 26.2 Å². The van der Waals surface area contributed by atoms with E-state index in [2.05, 4.69) is 10.2 Å². The zero-order valence-corrected chi connectivity index (χ0v) is 13.4. The summed E-state index contributed by atoms with van der Waals surface area (Å²) in [5.41, 5.74) is 1.11. The first kappa shape index (κ1) is 14.7. The summed E-state index contributed by atoms with van der Waals surface area (Å²) in [6.07, 6.45) is 6.74. The molecule has 0 spiro atoms. The van der Waals surface area contributed by atoms with Crippen LogP contribution in [0.3, 0.4) is 0 Å². The van der Waals surface area contributed by atoms with Crippen molar-refractivity contribution in [2.24, 2.45) is 11.8 Å². The first-order valence-corrected chi connectivity index (χ1v) is 8.76. The molecular weight excluding hydrogens is 292 g/mol. The van der Waals surface area contributed by atoms with Crippen LogP contribution < -0.4 is 0 Å². The molecule has 3 heterocycles. The van der Waals surface area contributed by atoms with Gasteiger partial charge in [-0.05, 0) is 37.7 Å². The van der Waals surface area contributed by atoms with Crippen LogP contribution in [0.1, 0.15) is 43.7 Å². The van der Waals surface area contributed by atoms with Gasteiger partial charge in [-0.2, -0.15) is 5.10 Å². The van der Waals surface area contributed by atoms with Crippen molar-refractivity contribution < 1.29 is 9.59 Å². The predicted molar refractivity (Wildman–Crippen MR) is 84.6 cm³/mol.